The van der Waals surface area contributed by atoms with Gasteiger partial charge in [0.15, 0.2) is 11.5 Å². The van der Waals surface area contributed by atoms with Crippen molar-refractivity contribution in [2.45, 2.75) is 37.8 Å². The van der Waals surface area contributed by atoms with E-state index < -0.39 is 0 Å². The van der Waals surface area contributed by atoms with Crippen molar-refractivity contribution in [1.29, 1.82) is 0 Å². The number of ether oxygens (including phenoxy) is 2. The van der Waals surface area contributed by atoms with Gasteiger partial charge in [0.1, 0.15) is 6.61 Å². The van der Waals surface area contributed by atoms with Gasteiger partial charge in [-0.2, -0.15) is 0 Å². The molecule has 0 saturated carbocycles. The molecule has 128 valence electrons. The molecule has 5 nitrogen and oxygen atoms in total. The fourth-order valence-corrected chi connectivity index (χ4v) is 4.15. The number of benzene rings is 1. The molecule has 3 aliphatic rings. The number of para-hydroxylation sites is 1. The number of fused-ring (bicyclic) bond motifs is 2. The molecule has 2 atom stereocenters. The Morgan fingerprint density at radius 2 is 2.21 bits per heavy atom. The standard InChI is InChI=1S/C19H24N2O3/c1-23-17-7-4-5-13-11-14(12-24-18(13)17)19(22)20-15-8-10-21-9-3-2-6-16(15)21/h4-5,7,11,15-16H,2-3,6,8-10,12H2,1H3,(H,20,22)/t15-,16-/m0/s1. The Balaban J connectivity index is 1.48. The second kappa shape index (κ2) is 6.48. The third-order valence-electron chi connectivity index (χ3n) is 5.40. The van der Waals surface area contributed by atoms with E-state index >= 15 is 0 Å². The number of nitrogens with one attached hydrogen (secondary N) is 1. The maximum Gasteiger partial charge on any atom is 0.250 e. The Morgan fingerprint density at radius 1 is 1.29 bits per heavy atom. The first-order valence-corrected chi connectivity index (χ1v) is 8.81. The van der Waals surface area contributed by atoms with E-state index in [9.17, 15) is 4.79 Å². The van der Waals surface area contributed by atoms with Crippen LogP contribution in [0, 0.1) is 0 Å². The summed E-state index contributed by atoms with van der Waals surface area (Å²) in [6.45, 7) is 2.57. The first-order chi connectivity index (χ1) is 11.8. The molecule has 0 aromatic heterocycles. The molecule has 0 radical (unpaired) electrons. The van der Waals surface area contributed by atoms with E-state index in [0.29, 0.717) is 24.0 Å². The van der Waals surface area contributed by atoms with E-state index in [1.807, 2.05) is 24.3 Å². The zero-order chi connectivity index (χ0) is 16.5. The molecule has 0 bridgehead atoms. The van der Waals surface area contributed by atoms with Crippen LogP contribution in [0.15, 0.2) is 23.8 Å². The largest absolute Gasteiger partial charge is 0.493 e. The number of amides is 1. The lowest BCUT2D eigenvalue weighted by molar-refractivity contribution is -0.118. The van der Waals surface area contributed by atoms with E-state index in [-0.39, 0.29) is 11.9 Å². The second-order valence-corrected chi connectivity index (χ2v) is 6.80. The first-order valence-electron chi connectivity index (χ1n) is 8.81. The highest BCUT2D eigenvalue weighted by Gasteiger charge is 2.36. The van der Waals surface area contributed by atoms with Crippen LogP contribution in [0.2, 0.25) is 0 Å². The third-order valence-corrected chi connectivity index (χ3v) is 5.40. The van der Waals surface area contributed by atoms with Gasteiger partial charge in [-0.1, -0.05) is 18.6 Å². The molecule has 0 spiro atoms. The maximum absolute atomic E-state index is 12.7. The summed E-state index contributed by atoms with van der Waals surface area (Å²) in [6, 6.07) is 6.51. The summed E-state index contributed by atoms with van der Waals surface area (Å²) >= 11 is 0. The van der Waals surface area contributed by atoms with Crippen molar-refractivity contribution in [2.75, 3.05) is 26.8 Å². The van der Waals surface area contributed by atoms with Crippen LogP contribution >= 0.6 is 0 Å². The third kappa shape index (κ3) is 2.77. The lowest BCUT2D eigenvalue weighted by Gasteiger charge is -2.32. The fraction of sp³-hybridized carbons (Fsp3) is 0.526. The number of carbonyl (C=O) groups is 1. The Bertz CT molecular complexity index is 671. The number of carbonyl (C=O) groups excluding carboxylic acids is 1. The molecule has 24 heavy (non-hydrogen) atoms. The minimum absolute atomic E-state index is 0.000827. The van der Waals surface area contributed by atoms with Gasteiger partial charge < -0.3 is 14.8 Å². The second-order valence-electron chi connectivity index (χ2n) is 6.80. The van der Waals surface area contributed by atoms with Gasteiger partial charge in [-0.25, -0.2) is 0 Å². The lowest BCUT2D eigenvalue weighted by Crippen LogP contribution is -2.47. The minimum atomic E-state index is 0.000827. The zero-order valence-electron chi connectivity index (χ0n) is 14.1. The number of hydrogen-bond donors (Lipinski definition) is 1. The summed E-state index contributed by atoms with van der Waals surface area (Å²) in [4.78, 5) is 15.2. The SMILES string of the molecule is COc1cccc2c1OCC(C(=O)N[C@H]1CCN3CCCC[C@@H]13)=C2. The number of nitrogens with zero attached hydrogens (tertiary/aromatic N) is 1. The molecule has 2 fully saturated rings. The number of piperidine rings is 1. The highest BCUT2D eigenvalue weighted by atomic mass is 16.5. The topological polar surface area (TPSA) is 50.8 Å². The van der Waals surface area contributed by atoms with Crippen LogP contribution in [-0.4, -0.2) is 49.7 Å². The predicted molar refractivity (Wildman–Crippen MR) is 92.2 cm³/mol. The average molecular weight is 328 g/mol. The van der Waals surface area contributed by atoms with Crippen molar-refractivity contribution in [1.82, 2.24) is 10.2 Å². The van der Waals surface area contributed by atoms with Crippen LogP contribution in [-0.2, 0) is 4.79 Å². The number of methoxy groups -OCH3 is 1. The van der Waals surface area contributed by atoms with E-state index in [1.54, 1.807) is 7.11 Å². The van der Waals surface area contributed by atoms with Crippen LogP contribution in [0.3, 0.4) is 0 Å². The number of rotatable bonds is 3. The van der Waals surface area contributed by atoms with Crippen molar-refractivity contribution >= 4 is 12.0 Å². The van der Waals surface area contributed by atoms with E-state index in [4.69, 9.17) is 9.47 Å². The highest BCUT2D eigenvalue weighted by Crippen LogP contribution is 2.35. The van der Waals surface area contributed by atoms with Crippen molar-refractivity contribution in [3.63, 3.8) is 0 Å². The molecule has 3 heterocycles. The molecular weight excluding hydrogens is 304 g/mol. The van der Waals surface area contributed by atoms with Gasteiger partial charge in [0.2, 0.25) is 0 Å². The molecule has 1 amide bonds. The molecule has 2 saturated heterocycles. The van der Waals surface area contributed by atoms with Crippen LogP contribution in [0.4, 0.5) is 0 Å². The van der Waals surface area contributed by atoms with E-state index in [0.717, 1.165) is 24.3 Å². The molecule has 1 aromatic rings. The van der Waals surface area contributed by atoms with Gasteiger partial charge in [-0.15, -0.1) is 0 Å². The minimum Gasteiger partial charge on any atom is -0.493 e. The van der Waals surface area contributed by atoms with Gasteiger partial charge in [-0.05, 0) is 37.9 Å². The monoisotopic (exact) mass is 328 g/mol. The van der Waals surface area contributed by atoms with Crippen molar-refractivity contribution in [2.24, 2.45) is 0 Å². The first kappa shape index (κ1) is 15.5. The summed E-state index contributed by atoms with van der Waals surface area (Å²) in [5.74, 6) is 1.42. The maximum atomic E-state index is 12.7. The number of hydrogen-bond acceptors (Lipinski definition) is 4. The summed E-state index contributed by atoms with van der Waals surface area (Å²) in [5.41, 5.74) is 1.58. The Morgan fingerprint density at radius 3 is 3.08 bits per heavy atom. The predicted octanol–water partition coefficient (Wildman–Crippen LogP) is 2.21. The molecule has 0 aliphatic carbocycles. The fourth-order valence-electron chi connectivity index (χ4n) is 4.15. The van der Waals surface area contributed by atoms with E-state index in [1.165, 1.54) is 25.8 Å². The molecule has 3 aliphatic heterocycles. The summed E-state index contributed by atoms with van der Waals surface area (Å²) in [7, 11) is 1.63. The van der Waals surface area contributed by atoms with Crippen LogP contribution < -0.4 is 14.8 Å². The van der Waals surface area contributed by atoms with Crippen molar-refractivity contribution in [3.8, 4) is 11.5 Å². The smallest absolute Gasteiger partial charge is 0.250 e. The summed E-state index contributed by atoms with van der Waals surface area (Å²) in [6.07, 6.45) is 6.72. The van der Waals surface area contributed by atoms with Gasteiger partial charge in [0, 0.05) is 24.2 Å². The van der Waals surface area contributed by atoms with Crippen LogP contribution in [0.25, 0.3) is 6.08 Å². The van der Waals surface area contributed by atoms with Gasteiger partial charge >= 0.3 is 0 Å². The van der Waals surface area contributed by atoms with Crippen molar-refractivity contribution in [3.05, 3.63) is 29.3 Å². The van der Waals surface area contributed by atoms with Crippen molar-refractivity contribution < 1.29 is 14.3 Å². The lowest BCUT2D eigenvalue weighted by atomic mass is 9.98. The molecule has 4 rings (SSSR count). The molecule has 0 unspecified atom stereocenters. The van der Waals surface area contributed by atoms with Crippen LogP contribution in [0.5, 0.6) is 11.5 Å². The quantitative estimate of drug-likeness (QED) is 0.924. The van der Waals surface area contributed by atoms with Crippen LogP contribution in [0.1, 0.15) is 31.2 Å². The summed E-state index contributed by atoms with van der Waals surface area (Å²) < 4.78 is 11.1. The Kier molecular flexibility index (Phi) is 4.19. The highest BCUT2D eigenvalue weighted by molar-refractivity contribution is 5.99. The normalized spacial score (nSPS) is 26.0. The Hall–Kier alpha value is -2.01. The zero-order valence-corrected chi connectivity index (χ0v) is 14.1. The van der Waals surface area contributed by atoms with E-state index in [2.05, 4.69) is 10.2 Å². The van der Waals surface area contributed by atoms with Gasteiger partial charge in [0.25, 0.3) is 5.91 Å². The molecule has 5 heteroatoms. The summed E-state index contributed by atoms with van der Waals surface area (Å²) in [5, 5.41) is 3.25. The molecule has 1 N–H and O–H groups in total. The van der Waals surface area contributed by atoms with Gasteiger partial charge in [-0.3, -0.25) is 9.69 Å². The Labute approximate surface area is 142 Å². The average Bonchev–Trinajstić information content (AvgIpc) is 3.03. The molecule has 1 aromatic carbocycles. The van der Waals surface area contributed by atoms with Gasteiger partial charge in [0.05, 0.1) is 12.7 Å². The molecular formula is C19H24N2O3.